The van der Waals surface area contributed by atoms with E-state index in [0.717, 1.165) is 55.7 Å². The van der Waals surface area contributed by atoms with Gasteiger partial charge in [-0.05, 0) is 51.9 Å². The average Bonchev–Trinajstić information content (AvgIpc) is 3.21. The van der Waals surface area contributed by atoms with E-state index in [0.29, 0.717) is 17.8 Å². The number of morpholine rings is 1. The van der Waals surface area contributed by atoms with Crippen LogP contribution in [0.1, 0.15) is 55.4 Å². The fourth-order valence-corrected chi connectivity index (χ4v) is 4.94. The lowest BCUT2D eigenvalue weighted by molar-refractivity contribution is 0.0902. The van der Waals surface area contributed by atoms with Crippen LogP contribution in [0.5, 0.6) is 0 Å². The second-order valence-corrected chi connectivity index (χ2v) is 8.65. The first-order valence-electron chi connectivity index (χ1n) is 11.2. The van der Waals surface area contributed by atoms with E-state index in [1.165, 1.54) is 19.3 Å². The standard InChI is InChI=1S/C20H27N5O2.C2H7N/c1-24-19-16(18(23-24)20(26)21-13-5-3-2-4-6-13)9-10-17(22-19)25-14-7-8-15(25)12-27-11-14;1-3-2/h9-10,13-15H,2-8,11-12H2,1H3,(H,21,26);3H,1-2H3. The molecule has 2 aliphatic heterocycles. The third-order valence-electron chi connectivity index (χ3n) is 6.33. The number of ether oxygens (including phenoxy) is 1. The number of rotatable bonds is 3. The summed E-state index contributed by atoms with van der Waals surface area (Å²) >= 11 is 0. The van der Waals surface area contributed by atoms with Gasteiger partial charge >= 0.3 is 0 Å². The van der Waals surface area contributed by atoms with Gasteiger partial charge in [0.25, 0.3) is 5.91 Å². The second-order valence-electron chi connectivity index (χ2n) is 8.65. The molecule has 2 aromatic heterocycles. The number of anilines is 1. The lowest BCUT2D eigenvalue weighted by Gasteiger charge is -2.35. The summed E-state index contributed by atoms with van der Waals surface area (Å²) in [5, 5.41) is 11.2. The lowest BCUT2D eigenvalue weighted by atomic mass is 9.95. The molecule has 1 saturated carbocycles. The van der Waals surface area contributed by atoms with Gasteiger partial charge < -0.3 is 20.3 Å². The summed E-state index contributed by atoms with van der Waals surface area (Å²) in [6, 6.07) is 5.15. The molecular weight excluding hydrogens is 380 g/mol. The highest BCUT2D eigenvalue weighted by Gasteiger charge is 2.38. The molecule has 0 aromatic carbocycles. The van der Waals surface area contributed by atoms with E-state index in [4.69, 9.17) is 9.72 Å². The highest BCUT2D eigenvalue weighted by Crippen LogP contribution is 2.34. The van der Waals surface area contributed by atoms with Gasteiger partial charge in [-0.1, -0.05) is 19.3 Å². The van der Waals surface area contributed by atoms with Gasteiger partial charge in [0.1, 0.15) is 5.82 Å². The molecule has 0 radical (unpaired) electrons. The van der Waals surface area contributed by atoms with E-state index in [-0.39, 0.29) is 11.9 Å². The van der Waals surface area contributed by atoms with Crippen molar-refractivity contribution < 1.29 is 9.53 Å². The lowest BCUT2D eigenvalue weighted by Crippen LogP contribution is -2.46. The Balaban J connectivity index is 0.000000687. The first kappa shape index (κ1) is 21.1. The molecule has 5 rings (SSSR count). The van der Waals surface area contributed by atoms with Gasteiger partial charge in [-0.15, -0.1) is 0 Å². The molecule has 3 aliphatic rings. The number of aryl methyl sites for hydroxylation is 1. The highest BCUT2D eigenvalue weighted by molar-refractivity contribution is 6.04. The van der Waals surface area contributed by atoms with Crippen LogP contribution in [0.3, 0.4) is 0 Å². The van der Waals surface area contributed by atoms with Gasteiger partial charge in [0.15, 0.2) is 11.3 Å². The number of nitrogens with one attached hydrogen (secondary N) is 2. The topological polar surface area (TPSA) is 84.3 Å². The van der Waals surface area contributed by atoms with Crippen molar-refractivity contribution in [2.24, 2.45) is 7.05 Å². The van der Waals surface area contributed by atoms with E-state index in [1.807, 2.05) is 33.3 Å². The highest BCUT2D eigenvalue weighted by atomic mass is 16.5. The molecule has 2 saturated heterocycles. The summed E-state index contributed by atoms with van der Waals surface area (Å²) in [4.78, 5) is 20.1. The summed E-state index contributed by atoms with van der Waals surface area (Å²) < 4.78 is 7.42. The number of hydrogen-bond donors (Lipinski definition) is 2. The van der Waals surface area contributed by atoms with Crippen molar-refractivity contribution in [3.63, 3.8) is 0 Å². The number of amides is 1. The predicted molar refractivity (Wildman–Crippen MR) is 118 cm³/mol. The Labute approximate surface area is 178 Å². The molecular formula is C22H34N6O2. The van der Waals surface area contributed by atoms with E-state index in [1.54, 1.807) is 4.68 Å². The molecule has 2 unspecified atom stereocenters. The van der Waals surface area contributed by atoms with Crippen LogP contribution in [-0.2, 0) is 11.8 Å². The van der Waals surface area contributed by atoms with Crippen LogP contribution in [0, 0.1) is 0 Å². The molecule has 30 heavy (non-hydrogen) atoms. The Morgan fingerprint density at radius 2 is 1.73 bits per heavy atom. The van der Waals surface area contributed by atoms with Gasteiger partial charge in [-0.3, -0.25) is 4.79 Å². The monoisotopic (exact) mass is 414 g/mol. The molecule has 4 heterocycles. The summed E-state index contributed by atoms with van der Waals surface area (Å²) in [5.41, 5.74) is 1.26. The number of fused-ring (bicyclic) bond motifs is 3. The zero-order valence-corrected chi connectivity index (χ0v) is 18.4. The number of hydrogen-bond acceptors (Lipinski definition) is 6. The number of aromatic nitrogens is 3. The molecule has 2 atom stereocenters. The predicted octanol–water partition coefficient (Wildman–Crippen LogP) is 2.23. The van der Waals surface area contributed by atoms with Crippen LogP contribution in [0.25, 0.3) is 11.0 Å². The van der Waals surface area contributed by atoms with Gasteiger partial charge in [-0.2, -0.15) is 5.10 Å². The zero-order valence-electron chi connectivity index (χ0n) is 18.4. The van der Waals surface area contributed by atoms with Gasteiger partial charge in [-0.25, -0.2) is 9.67 Å². The normalized spacial score (nSPS) is 23.9. The van der Waals surface area contributed by atoms with E-state index in [2.05, 4.69) is 20.6 Å². The number of carbonyl (C=O) groups excluding carboxylic acids is 1. The molecule has 8 nitrogen and oxygen atoms in total. The van der Waals surface area contributed by atoms with Gasteiger partial charge in [0, 0.05) is 13.1 Å². The van der Waals surface area contributed by atoms with Crippen molar-refractivity contribution in [2.45, 2.75) is 63.1 Å². The van der Waals surface area contributed by atoms with Crippen molar-refractivity contribution in [2.75, 3.05) is 32.2 Å². The Kier molecular flexibility index (Phi) is 6.53. The van der Waals surface area contributed by atoms with Crippen LogP contribution in [0.2, 0.25) is 0 Å². The van der Waals surface area contributed by atoms with E-state index in [9.17, 15) is 4.79 Å². The maximum absolute atomic E-state index is 12.8. The number of nitrogens with zero attached hydrogens (tertiary/aromatic N) is 4. The second kappa shape index (κ2) is 9.31. The fourth-order valence-electron chi connectivity index (χ4n) is 4.94. The summed E-state index contributed by atoms with van der Waals surface area (Å²) in [6.07, 6.45) is 8.11. The van der Waals surface area contributed by atoms with Crippen LogP contribution in [0.4, 0.5) is 5.82 Å². The van der Waals surface area contributed by atoms with Crippen molar-refractivity contribution in [1.82, 2.24) is 25.4 Å². The molecule has 164 valence electrons. The van der Waals surface area contributed by atoms with Crippen LogP contribution in [0.15, 0.2) is 12.1 Å². The average molecular weight is 415 g/mol. The molecule has 2 aromatic rings. The van der Waals surface area contributed by atoms with Gasteiger partial charge in [0.05, 0.1) is 30.7 Å². The molecule has 1 amide bonds. The Hall–Kier alpha value is -2.19. The molecule has 8 heteroatoms. The molecule has 3 fully saturated rings. The third kappa shape index (κ3) is 4.16. The van der Waals surface area contributed by atoms with Crippen molar-refractivity contribution in [1.29, 1.82) is 0 Å². The summed E-state index contributed by atoms with van der Waals surface area (Å²) in [5.74, 6) is 0.897. The van der Waals surface area contributed by atoms with Crippen LogP contribution >= 0.6 is 0 Å². The smallest absolute Gasteiger partial charge is 0.272 e. The Morgan fingerprint density at radius 1 is 1.07 bits per heavy atom. The van der Waals surface area contributed by atoms with Crippen molar-refractivity contribution in [3.8, 4) is 0 Å². The summed E-state index contributed by atoms with van der Waals surface area (Å²) in [7, 11) is 5.62. The minimum atomic E-state index is -0.0755. The van der Waals surface area contributed by atoms with Crippen molar-refractivity contribution in [3.05, 3.63) is 17.8 Å². The SMILES string of the molecule is CNC.Cn1nc(C(=O)NC2CCCCC2)c2ccc(N3C4CCC3COC4)nc21. The Morgan fingerprint density at radius 3 is 2.40 bits per heavy atom. The maximum atomic E-state index is 12.8. The van der Waals surface area contributed by atoms with Gasteiger partial charge in [0.2, 0.25) is 0 Å². The molecule has 0 spiro atoms. The van der Waals surface area contributed by atoms with Crippen LogP contribution in [-0.4, -0.2) is 66.1 Å². The minimum absolute atomic E-state index is 0.0755. The maximum Gasteiger partial charge on any atom is 0.272 e. The summed E-state index contributed by atoms with van der Waals surface area (Å²) in [6.45, 7) is 1.55. The fraction of sp³-hybridized carbons (Fsp3) is 0.682. The first-order valence-corrected chi connectivity index (χ1v) is 11.2. The molecule has 2 bridgehead atoms. The Bertz CT molecular complexity index is 860. The molecule has 2 N–H and O–H groups in total. The number of carbonyl (C=O) groups is 1. The van der Waals surface area contributed by atoms with E-state index < -0.39 is 0 Å². The zero-order chi connectivity index (χ0) is 21.1. The van der Waals surface area contributed by atoms with Crippen LogP contribution < -0.4 is 15.5 Å². The minimum Gasteiger partial charge on any atom is -0.377 e. The van der Waals surface area contributed by atoms with Crippen molar-refractivity contribution >= 4 is 22.8 Å². The first-order chi connectivity index (χ1) is 14.6. The van der Waals surface area contributed by atoms with E-state index >= 15 is 0 Å². The largest absolute Gasteiger partial charge is 0.377 e. The third-order valence-corrected chi connectivity index (χ3v) is 6.33. The number of pyridine rings is 1. The quantitative estimate of drug-likeness (QED) is 0.801. The molecule has 1 aliphatic carbocycles.